The topological polar surface area (TPSA) is 58.4 Å². The van der Waals surface area contributed by atoms with Gasteiger partial charge in [0.25, 0.3) is 5.91 Å². The molecule has 0 radical (unpaired) electrons. The van der Waals surface area contributed by atoms with Crippen molar-refractivity contribution in [1.82, 2.24) is 10.2 Å². The van der Waals surface area contributed by atoms with Gasteiger partial charge >= 0.3 is 0 Å². The number of nitrogens with two attached hydrogens (primary N) is 1. The number of nitrogens with zero attached hydrogens (tertiary/aromatic N) is 1. The third-order valence-corrected chi connectivity index (χ3v) is 5.91. The first kappa shape index (κ1) is 23.7. The van der Waals surface area contributed by atoms with Gasteiger partial charge in [0.1, 0.15) is 0 Å². The summed E-state index contributed by atoms with van der Waals surface area (Å²) in [6.45, 7) is 6.38. The first-order valence-electron chi connectivity index (χ1n) is 11.6. The number of hydrogen-bond donors (Lipinski definition) is 2. The number of carbonyl (C=O) groups excluding carboxylic acids is 1. The number of hydrogen-bond acceptors (Lipinski definition) is 3. The maximum atomic E-state index is 12.9. The average molecular weight is 430 g/mol. The molecule has 1 unspecified atom stereocenters. The molecule has 3 rings (SSSR count). The van der Waals surface area contributed by atoms with Crippen molar-refractivity contribution in [2.45, 2.75) is 45.3 Å². The third-order valence-electron chi connectivity index (χ3n) is 5.91. The van der Waals surface area contributed by atoms with Crippen molar-refractivity contribution < 1.29 is 4.79 Å². The molecule has 32 heavy (non-hydrogen) atoms. The standard InChI is InChI=1S/C28H35N3O/c1-3-18-31(27(23-13-7-5-8-14-23)24-15-9-6-10-16-24)26(4-2)21-30-28(32)25-17-11-12-22(19-25)20-29/h5-17,19,26-27H,3-4,18,20-21,29H2,1-2H3,(H,30,32). The normalized spacial score (nSPS) is 12.2. The molecule has 0 bridgehead atoms. The fourth-order valence-corrected chi connectivity index (χ4v) is 4.27. The number of rotatable bonds is 11. The highest BCUT2D eigenvalue weighted by Gasteiger charge is 2.27. The first-order chi connectivity index (χ1) is 15.7. The largest absolute Gasteiger partial charge is 0.350 e. The summed E-state index contributed by atoms with van der Waals surface area (Å²) in [5.74, 6) is -0.0498. The van der Waals surface area contributed by atoms with Gasteiger partial charge in [-0.3, -0.25) is 9.69 Å². The van der Waals surface area contributed by atoms with Gasteiger partial charge in [-0.15, -0.1) is 0 Å². The molecule has 3 aromatic carbocycles. The zero-order valence-corrected chi connectivity index (χ0v) is 19.2. The van der Waals surface area contributed by atoms with Crippen molar-refractivity contribution in [3.63, 3.8) is 0 Å². The predicted molar refractivity (Wildman–Crippen MR) is 132 cm³/mol. The van der Waals surface area contributed by atoms with Gasteiger partial charge < -0.3 is 11.1 Å². The van der Waals surface area contributed by atoms with Crippen LogP contribution in [-0.4, -0.2) is 29.9 Å². The molecule has 0 spiro atoms. The minimum Gasteiger partial charge on any atom is -0.350 e. The zero-order chi connectivity index (χ0) is 22.8. The minimum atomic E-state index is -0.0498. The van der Waals surface area contributed by atoms with Crippen molar-refractivity contribution in [3.8, 4) is 0 Å². The summed E-state index contributed by atoms with van der Waals surface area (Å²) in [6.07, 6.45) is 1.98. The summed E-state index contributed by atoms with van der Waals surface area (Å²) in [4.78, 5) is 15.4. The lowest BCUT2D eigenvalue weighted by Gasteiger charge is -2.38. The molecule has 0 aliphatic carbocycles. The van der Waals surface area contributed by atoms with E-state index >= 15 is 0 Å². The minimum absolute atomic E-state index is 0.0498. The lowest BCUT2D eigenvalue weighted by atomic mass is 9.94. The molecule has 0 aromatic heterocycles. The number of carbonyl (C=O) groups is 1. The second-order valence-corrected chi connectivity index (χ2v) is 8.14. The maximum Gasteiger partial charge on any atom is 0.251 e. The third kappa shape index (κ3) is 6.06. The summed E-state index contributed by atoms with van der Waals surface area (Å²) in [7, 11) is 0. The van der Waals surface area contributed by atoms with Crippen LogP contribution in [0, 0.1) is 0 Å². The number of nitrogens with one attached hydrogen (secondary N) is 1. The molecule has 3 aromatic rings. The van der Waals surface area contributed by atoms with E-state index in [1.165, 1.54) is 11.1 Å². The summed E-state index contributed by atoms with van der Waals surface area (Å²) in [6, 6.07) is 29.2. The quantitative estimate of drug-likeness (QED) is 0.443. The summed E-state index contributed by atoms with van der Waals surface area (Å²) in [5.41, 5.74) is 9.91. The Hall–Kier alpha value is -2.95. The molecule has 0 saturated carbocycles. The molecule has 0 fully saturated rings. The van der Waals surface area contributed by atoms with Crippen molar-refractivity contribution in [2.24, 2.45) is 5.73 Å². The molecule has 3 N–H and O–H groups in total. The molecule has 0 aliphatic rings. The van der Waals surface area contributed by atoms with E-state index in [2.05, 4.69) is 84.7 Å². The van der Waals surface area contributed by atoms with Crippen molar-refractivity contribution >= 4 is 5.91 Å². The molecule has 0 aliphatic heterocycles. The maximum absolute atomic E-state index is 12.9. The lowest BCUT2D eigenvalue weighted by molar-refractivity contribution is 0.0917. The summed E-state index contributed by atoms with van der Waals surface area (Å²) >= 11 is 0. The second kappa shape index (κ2) is 12.2. The fraction of sp³-hybridized carbons (Fsp3) is 0.321. The molecular formula is C28H35N3O. The highest BCUT2D eigenvalue weighted by molar-refractivity contribution is 5.94. The van der Waals surface area contributed by atoms with Gasteiger partial charge in [-0.25, -0.2) is 0 Å². The zero-order valence-electron chi connectivity index (χ0n) is 19.2. The van der Waals surface area contributed by atoms with E-state index in [0.717, 1.165) is 24.9 Å². The van der Waals surface area contributed by atoms with Gasteiger partial charge in [-0.1, -0.05) is 86.6 Å². The second-order valence-electron chi connectivity index (χ2n) is 8.14. The molecular weight excluding hydrogens is 394 g/mol. The van der Waals surface area contributed by atoms with Crippen LogP contribution in [0.2, 0.25) is 0 Å². The summed E-state index contributed by atoms with van der Waals surface area (Å²) in [5, 5.41) is 3.18. The Morgan fingerprint density at radius 1 is 0.906 bits per heavy atom. The molecule has 4 heteroatoms. The van der Waals surface area contributed by atoms with Crippen LogP contribution in [-0.2, 0) is 6.54 Å². The molecule has 1 amide bonds. The van der Waals surface area contributed by atoms with E-state index in [1.807, 2.05) is 24.3 Å². The van der Waals surface area contributed by atoms with Crippen LogP contribution >= 0.6 is 0 Å². The van der Waals surface area contributed by atoms with Crippen LogP contribution in [0.5, 0.6) is 0 Å². The first-order valence-corrected chi connectivity index (χ1v) is 11.6. The van der Waals surface area contributed by atoms with Gasteiger partial charge in [0.2, 0.25) is 0 Å². The molecule has 0 saturated heterocycles. The van der Waals surface area contributed by atoms with Crippen LogP contribution < -0.4 is 11.1 Å². The van der Waals surface area contributed by atoms with Crippen LogP contribution in [0.1, 0.15) is 59.8 Å². The van der Waals surface area contributed by atoms with Crippen molar-refractivity contribution in [2.75, 3.05) is 13.1 Å². The van der Waals surface area contributed by atoms with E-state index in [4.69, 9.17) is 5.73 Å². The molecule has 168 valence electrons. The molecule has 4 nitrogen and oxygen atoms in total. The average Bonchev–Trinajstić information content (AvgIpc) is 2.85. The van der Waals surface area contributed by atoms with E-state index in [0.29, 0.717) is 18.7 Å². The molecule has 0 heterocycles. The number of benzene rings is 3. The Morgan fingerprint density at radius 2 is 1.53 bits per heavy atom. The van der Waals surface area contributed by atoms with E-state index < -0.39 is 0 Å². The van der Waals surface area contributed by atoms with Crippen LogP contribution in [0.15, 0.2) is 84.9 Å². The molecule has 1 atom stereocenters. The van der Waals surface area contributed by atoms with Crippen molar-refractivity contribution in [3.05, 3.63) is 107 Å². The van der Waals surface area contributed by atoms with Gasteiger partial charge in [-0.2, -0.15) is 0 Å². The SMILES string of the molecule is CCCN(C(CC)CNC(=O)c1cccc(CN)c1)C(c1ccccc1)c1ccccc1. The van der Waals surface area contributed by atoms with E-state index in [9.17, 15) is 4.79 Å². The van der Waals surface area contributed by atoms with E-state index in [-0.39, 0.29) is 18.0 Å². The Balaban J connectivity index is 1.85. The van der Waals surface area contributed by atoms with Crippen LogP contribution in [0.3, 0.4) is 0 Å². The van der Waals surface area contributed by atoms with Gasteiger partial charge in [0.05, 0.1) is 6.04 Å². The lowest BCUT2D eigenvalue weighted by Crippen LogP contribution is -2.46. The Bertz CT molecular complexity index is 919. The fourth-order valence-electron chi connectivity index (χ4n) is 4.27. The van der Waals surface area contributed by atoms with Crippen LogP contribution in [0.25, 0.3) is 0 Å². The van der Waals surface area contributed by atoms with Crippen molar-refractivity contribution in [1.29, 1.82) is 0 Å². The Labute approximate surface area is 192 Å². The highest BCUT2D eigenvalue weighted by atomic mass is 16.1. The summed E-state index contributed by atoms with van der Waals surface area (Å²) < 4.78 is 0. The number of amides is 1. The smallest absolute Gasteiger partial charge is 0.251 e. The van der Waals surface area contributed by atoms with Crippen LogP contribution in [0.4, 0.5) is 0 Å². The van der Waals surface area contributed by atoms with Gasteiger partial charge in [0, 0.05) is 24.7 Å². The van der Waals surface area contributed by atoms with E-state index in [1.54, 1.807) is 0 Å². The van der Waals surface area contributed by atoms with Gasteiger partial charge in [0.15, 0.2) is 0 Å². The highest BCUT2D eigenvalue weighted by Crippen LogP contribution is 2.31. The monoisotopic (exact) mass is 429 g/mol. The Morgan fingerprint density at radius 3 is 2.06 bits per heavy atom. The predicted octanol–water partition coefficient (Wildman–Crippen LogP) is 5.16. The Kier molecular flexibility index (Phi) is 9.02. The van der Waals surface area contributed by atoms with Gasteiger partial charge in [-0.05, 0) is 48.2 Å².